The zero-order chi connectivity index (χ0) is 19.2. The van der Waals surface area contributed by atoms with Gasteiger partial charge < -0.3 is 4.74 Å². The van der Waals surface area contributed by atoms with Crippen LogP contribution in [0.3, 0.4) is 0 Å². The number of allylic oxidation sites excluding steroid dienone is 1. The van der Waals surface area contributed by atoms with Crippen molar-refractivity contribution in [1.29, 1.82) is 5.26 Å². The minimum Gasteiger partial charge on any atom is -0.488 e. The highest BCUT2D eigenvalue weighted by atomic mass is 79.9. The first-order valence-corrected chi connectivity index (χ1v) is 10.1. The molecule has 0 saturated heterocycles. The molecular formula is C22H14Br2ClNO. The summed E-state index contributed by atoms with van der Waals surface area (Å²) in [7, 11) is 0. The summed E-state index contributed by atoms with van der Waals surface area (Å²) in [6.45, 7) is 0.385. The molecule has 134 valence electrons. The lowest BCUT2D eigenvalue weighted by atomic mass is 10.0. The van der Waals surface area contributed by atoms with Crippen molar-refractivity contribution in [3.63, 3.8) is 0 Å². The molecule has 0 N–H and O–H groups in total. The molecule has 2 nitrogen and oxygen atoms in total. The van der Waals surface area contributed by atoms with Gasteiger partial charge in [-0.15, -0.1) is 0 Å². The fourth-order valence-corrected chi connectivity index (χ4v) is 3.44. The largest absolute Gasteiger partial charge is 0.488 e. The molecule has 0 spiro atoms. The van der Waals surface area contributed by atoms with Gasteiger partial charge in [-0.25, -0.2) is 0 Å². The van der Waals surface area contributed by atoms with Gasteiger partial charge in [0.2, 0.25) is 0 Å². The summed E-state index contributed by atoms with van der Waals surface area (Å²) >= 11 is 13.1. The molecule has 0 atom stereocenters. The molecule has 0 unspecified atom stereocenters. The van der Waals surface area contributed by atoms with Crippen LogP contribution in [0.25, 0.3) is 11.6 Å². The van der Waals surface area contributed by atoms with E-state index in [1.807, 2.05) is 72.8 Å². The van der Waals surface area contributed by atoms with Crippen molar-refractivity contribution in [2.45, 2.75) is 6.61 Å². The molecule has 0 amide bonds. The first-order chi connectivity index (χ1) is 13.1. The van der Waals surface area contributed by atoms with Crippen molar-refractivity contribution in [2.75, 3.05) is 0 Å². The molecule has 0 aromatic heterocycles. The highest BCUT2D eigenvalue weighted by Gasteiger charge is 2.06. The number of rotatable bonds is 5. The summed E-state index contributed by atoms with van der Waals surface area (Å²) < 4.78 is 7.66. The van der Waals surface area contributed by atoms with Gasteiger partial charge in [-0.05, 0) is 63.5 Å². The van der Waals surface area contributed by atoms with Crippen LogP contribution in [0, 0.1) is 11.3 Å². The van der Waals surface area contributed by atoms with Gasteiger partial charge in [0.1, 0.15) is 12.4 Å². The Bertz CT molecular complexity index is 1020. The van der Waals surface area contributed by atoms with Crippen LogP contribution in [0.15, 0.2) is 75.7 Å². The molecule has 0 aliphatic carbocycles. The van der Waals surface area contributed by atoms with Crippen molar-refractivity contribution >= 4 is 55.1 Å². The van der Waals surface area contributed by atoms with E-state index in [4.69, 9.17) is 16.3 Å². The molecule has 3 rings (SSSR count). The second-order valence-electron chi connectivity index (χ2n) is 5.75. The maximum Gasteiger partial charge on any atom is 0.134 e. The molecule has 0 aliphatic heterocycles. The van der Waals surface area contributed by atoms with E-state index in [1.165, 1.54) is 0 Å². The Balaban J connectivity index is 1.78. The van der Waals surface area contributed by atoms with Crippen LogP contribution in [0.4, 0.5) is 0 Å². The van der Waals surface area contributed by atoms with E-state index < -0.39 is 0 Å². The highest BCUT2D eigenvalue weighted by Crippen LogP contribution is 2.29. The number of ether oxygens (including phenoxy) is 1. The SMILES string of the molecule is N#C/C(=C/c1ccc(OCc2ccccc2Cl)c(Br)c1)c1ccc(Br)cc1. The third-order valence-corrected chi connectivity index (χ3v) is 5.40. The molecular weight excluding hydrogens is 490 g/mol. The van der Waals surface area contributed by atoms with E-state index in [0.717, 1.165) is 25.6 Å². The van der Waals surface area contributed by atoms with E-state index in [-0.39, 0.29) is 0 Å². The average molecular weight is 504 g/mol. The van der Waals surface area contributed by atoms with Crippen LogP contribution < -0.4 is 4.74 Å². The Morgan fingerprint density at radius 3 is 2.44 bits per heavy atom. The topological polar surface area (TPSA) is 33.0 Å². The van der Waals surface area contributed by atoms with E-state index in [1.54, 1.807) is 0 Å². The summed E-state index contributed by atoms with van der Waals surface area (Å²) in [5.41, 5.74) is 3.30. The predicted octanol–water partition coefficient (Wildman–Crippen LogP) is 7.51. The molecule has 3 aromatic rings. The van der Waals surface area contributed by atoms with Crippen molar-refractivity contribution in [3.8, 4) is 11.8 Å². The first kappa shape index (κ1) is 19.7. The summed E-state index contributed by atoms with van der Waals surface area (Å²) in [6.07, 6.45) is 1.85. The van der Waals surface area contributed by atoms with Crippen LogP contribution in [-0.2, 0) is 6.61 Å². The second-order valence-corrected chi connectivity index (χ2v) is 7.92. The summed E-state index contributed by atoms with van der Waals surface area (Å²) in [5, 5.41) is 10.2. The minimum absolute atomic E-state index is 0.385. The standard InChI is InChI=1S/C22H14Br2ClNO/c23-19-8-6-16(7-9-19)18(13-26)11-15-5-10-22(20(24)12-15)27-14-17-3-1-2-4-21(17)25/h1-12H,14H2/b18-11-. The van der Waals surface area contributed by atoms with Gasteiger partial charge in [0.25, 0.3) is 0 Å². The molecule has 3 aromatic carbocycles. The number of benzene rings is 3. The fraction of sp³-hybridized carbons (Fsp3) is 0.0455. The first-order valence-electron chi connectivity index (χ1n) is 8.10. The van der Waals surface area contributed by atoms with Gasteiger partial charge in [0.15, 0.2) is 0 Å². The number of nitriles is 1. The fourth-order valence-electron chi connectivity index (χ4n) is 2.47. The average Bonchev–Trinajstić information content (AvgIpc) is 2.67. The molecule has 5 heteroatoms. The lowest BCUT2D eigenvalue weighted by molar-refractivity contribution is 0.304. The zero-order valence-electron chi connectivity index (χ0n) is 14.1. The molecule has 0 bridgehead atoms. The van der Waals surface area contributed by atoms with Gasteiger partial charge in [0.05, 0.1) is 16.1 Å². The van der Waals surface area contributed by atoms with Crippen molar-refractivity contribution in [1.82, 2.24) is 0 Å². The zero-order valence-corrected chi connectivity index (χ0v) is 18.1. The molecule has 0 saturated carbocycles. The van der Waals surface area contributed by atoms with E-state index in [0.29, 0.717) is 23.0 Å². The van der Waals surface area contributed by atoms with E-state index >= 15 is 0 Å². The van der Waals surface area contributed by atoms with Crippen LogP contribution in [0.5, 0.6) is 5.75 Å². The van der Waals surface area contributed by atoms with E-state index in [9.17, 15) is 5.26 Å². The third kappa shape index (κ3) is 5.23. The van der Waals surface area contributed by atoms with E-state index in [2.05, 4.69) is 37.9 Å². The Morgan fingerprint density at radius 2 is 1.78 bits per heavy atom. The summed E-state index contributed by atoms with van der Waals surface area (Å²) in [4.78, 5) is 0. The maximum absolute atomic E-state index is 9.49. The Morgan fingerprint density at radius 1 is 1.04 bits per heavy atom. The maximum atomic E-state index is 9.49. The Kier molecular flexibility index (Phi) is 6.73. The predicted molar refractivity (Wildman–Crippen MR) is 118 cm³/mol. The number of halogens is 3. The van der Waals surface area contributed by atoms with Crippen LogP contribution in [0.2, 0.25) is 5.02 Å². The van der Waals surface area contributed by atoms with Gasteiger partial charge >= 0.3 is 0 Å². The highest BCUT2D eigenvalue weighted by molar-refractivity contribution is 9.10. The Hall–Kier alpha value is -2.06. The molecule has 0 aliphatic rings. The van der Waals surface area contributed by atoms with Gasteiger partial charge in [-0.2, -0.15) is 5.26 Å². The normalized spacial score (nSPS) is 11.1. The lowest BCUT2D eigenvalue weighted by Crippen LogP contribution is -1.97. The van der Waals surface area contributed by atoms with Gasteiger partial charge in [-0.1, -0.05) is 63.9 Å². The molecule has 0 radical (unpaired) electrons. The number of nitrogens with zero attached hydrogens (tertiary/aromatic N) is 1. The smallest absolute Gasteiger partial charge is 0.134 e. The lowest BCUT2D eigenvalue weighted by Gasteiger charge is -2.10. The molecule has 27 heavy (non-hydrogen) atoms. The van der Waals surface area contributed by atoms with Crippen molar-refractivity contribution < 1.29 is 4.74 Å². The number of hydrogen-bond acceptors (Lipinski definition) is 2. The summed E-state index contributed by atoms with van der Waals surface area (Å²) in [6, 6.07) is 23.2. The summed E-state index contributed by atoms with van der Waals surface area (Å²) in [5.74, 6) is 0.717. The number of hydrogen-bond donors (Lipinski definition) is 0. The quantitative estimate of drug-likeness (QED) is 0.267. The van der Waals surface area contributed by atoms with Crippen LogP contribution >= 0.6 is 43.5 Å². The monoisotopic (exact) mass is 501 g/mol. The molecule has 0 heterocycles. The van der Waals surface area contributed by atoms with Gasteiger partial charge in [-0.3, -0.25) is 0 Å². The third-order valence-electron chi connectivity index (χ3n) is 3.88. The Labute approximate surface area is 180 Å². The van der Waals surface area contributed by atoms with Crippen LogP contribution in [-0.4, -0.2) is 0 Å². The minimum atomic E-state index is 0.385. The second kappa shape index (κ2) is 9.23. The van der Waals surface area contributed by atoms with Crippen molar-refractivity contribution in [3.05, 3.63) is 97.4 Å². The molecule has 0 fully saturated rings. The van der Waals surface area contributed by atoms with Crippen molar-refractivity contribution in [2.24, 2.45) is 0 Å². The van der Waals surface area contributed by atoms with Gasteiger partial charge in [0, 0.05) is 15.1 Å². The van der Waals surface area contributed by atoms with Crippen LogP contribution in [0.1, 0.15) is 16.7 Å².